The Morgan fingerprint density at radius 2 is 1.90 bits per heavy atom. The number of benzene rings is 1. The molecule has 0 amide bonds. The van der Waals surface area contributed by atoms with Crippen molar-refractivity contribution in [3.8, 4) is 0 Å². The number of fused-ring (bicyclic) bond motifs is 1. The summed E-state index contributed by atoms with van der Waals surface area (Å²) in [6.07, 6.45) is 1.13. The highest BCUT2D eigenvalue weighted by atomic mass is 16.7. The second-order valence-corrected chi connectivity index (χ2v) is 7.09. The van der Waals surface area contributed by atoms with Crippen molar-refractivity contribution in [3.05, 3.63) is 30.3 Å². The van der Waals surface area contributed by atoms with Crippen LogP contribution in [0.3, 0.4) is 0 Å². The molecule has 0 aliphatic carbocycles. The summed E-state index contributed by atoms with van der Waals surface area (Å²) >= 11 is 0. The van der Waals surface area contributed by atoms with Gasteiger partial charge in [-0.15, -0.1) is 0 Å². The van der Waals surface area contributed by atoms with Crippen LogP contribution in [0.4, 0.5) is 5.69 Å². The molecule has 114 valence electrons. The summed E-state index contributed by atoms with van der Waals surface area (Å²) < 4.78 is 11.8. The highest BCUT2D eigenvalue weighted by molar-refractivity contribution is 5.89. The Bertz CT molecular complexity index is 521. The Hall–Kier alpha value is -1.39. The van der Waals surface area contributed by atoms with Crippen molar-refractivity contribution >= 4 is 11.4 Å². The normalized spacial score (nSPS) is 29.2. The molecule has 1 saturated heterocycles. The fourth-order valence-corrected chi connectivity index (χ4v) is 3.15. The predicted octanol–water partition coefficient (Wildman–Crippen LogP) is 3.63. The second-order valence-electron chi connectivity index (χ2n) is 7.09. The summed E-state index contributed by atoms with van der Waals surface area (Å²) in [6, 6.07) is 10.2. The quantitative estimate of drug-likeness (QED) is 0.833. The van der Waals surface area contributed by atoms with Crippen molar-refractivity contribution in [2.45, 2.75) is 46.4 Å². The predicted molar refractivity (Wildman–Crippen MR) is 84.2 cm³/mol. The minimum atomic E-state index is -0.0477. The minimum Gasteiger partial charge on any atom is -0.351 e. The van der Waals surface area contributed by atoms with Crippen molar-refractivity contribution in [1.82, 2.24) is 0 Å². The van der Waals surface area contributed by atoms with Gasteiger partial charge in [0.25, 0.3) is 0 Å². The highest BCUT2D eigenvalue weighted by Crippen LogP contribution is 2.38. The molecule has 1 aromatic rings. The van der Waals surface area contributed by atoms with E-state index >= 15 is 0 Å². The Labute approximate surface area is 126 Å². The van der Waals surface area contributed by atoms with E-state index in [1.807, 2.05) is 23.2 Å². The van der Waals surface area contributed by atoms with Gasteiger partial charge in [-0.05, 0) is 30.9 Å². The summed E-state index contributed by atoms with van der Waals surface area (Å²) in [5, 5.41) is 6.73. The van der Waals surface area contributed by atoms with E-state index in [1.165, 1.54) is 0 Å². The molecule has 0 radical (unpaired) electrons. The molecule has 2 aliphatic heterocycles. The van der Waals surface area contributed by atoms with Gasteiger partial charge in [-0.1, -0.05) is 39.0 Å². The molecular formula is C17H24N2O2. The Balaban J connectivity index is 1.85. The fourth-order valence-electron chi connectivity index (χ4n) is 3.15. The zero-order valence-electron chi connectivity index (χ0n) is 13.2. The molecule has 21 heavy (non-hydrogen) atoms. The van der Waals surface area contributed by atoms with Crippen LogP contribution in [-0.4, -0.2) is 24.8 Å². The van der Waals surface area contributed by atoms with Crippen LogP contribution in [-0.2, 0) is 9.47 Å². The van der Waals surface area contributed by atoms with E-state index in [1.54, 1.807) is 0 Å². The van der Waals surface area contributed by atoms with E-state index < -0.39 is 0 Å². The first-order valence-electron chi connectivity index (χ1n) is 7.58. The smallest absolute Gasteiger partial charge is 0.164 e. The summed E-state index contributed by atoms with van der Waals surface area (Å²) in [7, 11) is 0. The van der Waals surface area contributed by atoms with Gasteiger partial charge in [-0.2, -0.15) is 5.10 Å². The number of hydrogen-bond donors (Lipinski definition) is 0. The van der Waals surface area contributed by atoms with E-state index in [-0.39, 0.29) is 23.7 Å². The van der Waals surface area contributed by atoms with Gasteiger partial charge in [0, 0.05) is 5.71 Å². The SMILES string of the molecule is CC1=NN(c2ccccc2)C2OCOC(CC(C)(C)C)C12. The topological polar surface area (TPSA) is 34.1 Å². The third-order valence-corrected chi connectivity index (χ3v) is 4.05. The zero-order valence-corrected chi connectivity index (χ0v) is 13.2. The van der Waals surface area contributed by atoms with Crippen LogP contribution in [0.2, 0.25) is 0 Å². The summed E-state index contributed by atoms with van der Waals surface area (Å²) in [5.41, 5.74) is 2.39. The van der Waals surface area contributed by atoms with Gasteiger partial charge in [0.2, 0.25) is 0 Å². The molecule has 1 aromatic carbocycles. The summed E-state index contributed by atoms with van der Waals surface area (Å²) in [5.74, 6) is 0.207. The lowest BCUT2D eigenvalue weighted by atomic mass is 9.82. The molecule has 0 saturated carbocycles. The molecule has 4 nitrogen and oxygen atoms in total. The molecule has 3 rings (SSSR count). The molecule has 0 aromatic heterocycles. The average molecular weight is 288 g/mol. The first kappa shape index (κ1) is 14.5. The first-order chi connectivity index (χ1) is 9.96. The number of hydrazone groups is 1. The van der Waals surface area contributed by atoms with E-state index in [0.29, 0.717) is 6.79 Å². The van der Waals surface area contributed by atoms with E-state index in [0.717, 1.165) is 17.8 Å². The van der Waals surface area contributed by atoms with Crippen LogP contribution in [0.1, 0.15) is 34.1 Å². The maximum absolute atomic E-state index is 5.89. The zero-order chi connectivity index (χ0) is 15.0. The summed E-state index contributed by atoms with van der Waals surface area (Å²) in [6.45, 7) is 9.16. The van der Waals surface area contributed by atoms with Gasteiger partial charge < -0.3 is 9.47 Å². The van der Waals surface area contributed by atoms with Crippen molar-refractivity contribution < 1.29 is 9.47 Å². The molecular weight excluding hydrogens is 264 g/mol. The Morgan fingerprint density at radius 3 is 2.57 bits per heavy atom. The summed E-state index contributed by atoms with van der Waals surface area (Å²) in [4.78, 5) is 0. The molecule has 0 spiro atoms. The fraction of sp³-hybridized carbons (Fsp3) is 0.588. The maximum Gasteiger partial charge on any atom is 0.164 e. The monoisotopic (exact) mass is 288 g/mol. The van der Waals surface area contributed by atoms with Crippen molar-refractivity contribution in [2.75, 3.05) is 11.8 Å². The molecule has 1 fully saturated rings. The molecule has 3 atom stereocenters. The first-order valence-corrected chi connectivity index (χ1v) is 7.58. The van der Waals surface area contributed by atoms with Gasteiger partial charge in [-0.3, -0.25) is 0 Å². The van der Waals surface area contributed by atoms with Crippen LogP contribution in [0.25, 0.3) is 0 Å². The van der Waals surface area contributed by atoms with E-state index in [4.69, 9.17) is 14.6 Å². The minimum absolute atomic E-state index is 0.0477. The Morgan fingerprint density at radius 1 is 1.19 bits per heavy atom. The molecule has 0 bridgehead atoms. The number of rotatable bonds is 2. The molecule has 2 heterocycles. The number of nitrogens with zero attached hydrogens (tertiary/aromatic N) is 2. The number of para-hydroxylation sites is 1. The number of hydrogen-bond acceptors (Lipinski definition) is 4. The van der Waals surface area contributed by atoms with Gasteiger partial charge in [-0.25, -0.2) is 5.01 Å². The van der Waals surface area contributed by atoms with Gasteiger partial charge >= 0.3 is 0 Å². The second kappa shape index (κ2) is 5.43. The molecule has 3 unspecified atom stereocenters. The lowest BCUT2D eigenvalue weighted by Crippen LogP contribution is -2.48. The van der Waals surface area contributed by atoms with Crippen LogP contribution in [0, 0.1) is 11.3 Å². The molecule has 4 heteroatoms. The van der Waals surface area contributed by atoms with Crippen molar-refractivity contribution in [1.29, 1.82) is 0 Å². The van der Waals surface area contributed by atoms with Crippen LogP contribution < -0.4 is 5.01 Å². The van der Waals surface area contributed by atoms with Crippen LogP contribution in [0.5, 0.6) is 0 Å². The maximum atomic E-state index is 5.89. The van der Waals surface area contributed by atoms with Gasteiger partial charge in [0.15, 0.2) is 6.23 Å². The third-order valence-electron chi connectivity index (χ3n) is 4.05. The Kier molecular flexibility index (Phi) is 3.76. The molecule has 0 N–H and O–H groups in total. The molecule has 2 aliphatic rings. The standard InChI is InChI=1S/C17H24N2O2/c1-12-15-14(10-17(2,3)4)20-11-21-16(15)19(18-12)13-8-6-5-7-9-13/h5-9,14-16H,10-11H2,1-4H3. The highest BCUT2D eigenvalue weighted by Gasteiger charge is 2.46. The van der Waals surface area contributed by atoms with Crippen LogP contribution in [0.15, 0.2) is 35.4 Å². The van der Waals surface area contributed by atoms with Gasteiger partial charge in [0.1, 0.15) is 6.79 Å². The number of anilines is 1. The van der Waals surface area contributed by atoms with E-state index in [9.17, 15) is 0 Å². The van der Waals surface area contributed by atoms with E-state index in [2.05, 4.69) is 39.8 Å². The number of ether oxygens (including phenoxy) is 2. The lowest BCUT2D eigenvalue weighted by Gasteiger charge is -2.39. The van der Waals surface area contributed by atoms with Gasteiger partial charge in [0.05, 0.1) is 17.7 Å². The van der Waals surface area contributed by atoms with Crippen molar-refractivity contribution in [3.63, 3.8) is 0 Å². The largest absolute Gasteiger partial charge is 0.351 e. The third kappa shape index (κ3) is 2.97. The lowest BCUT2D eigenvalue weighted by molar-refractivity contribution is -0.194. The van der Waals surface area contributed by atoms with Crippen LogP contribution >= 0.6 is 0 Å². The average Bonchev–Trinajstić information content (AvgIpc) is 2.77. The van der Waals surface area contributed by atoms with Crippen molar-refractivity contribution in [2.24, 2.45) is 16.4 Å².